The van der Waals surface area contributed by atoms with Crippen molar-refractivity contribution in [2.75, 3.05) is 34.0 Å². The fourth-order valence-corrected chi connectivity index (χ4v) is 11.4. The van der Waals surface area contributed by atoms with Crippen LogP contribution < -0.4 is 10.6 Å². The highest BCUT2D eigenvalue weighted by Gasteiger charge is 2.44. The highest BCUT2D eigenvalue weighted by Crippen LogP contribution is 2.55. The van der Waals surface area contributed by atoms with Crippen molar-refractivity contribution in [1.82, 2.24) is 40.4 Å². The minimum atomic E-state index is -0.681. The molecule has 2 aliphatic carbocycles. The van der Waals surface area contributed by atoms with Crippen LogP contribution in [-0.4, -0.2) is 93.8 Å². The fourth-order valence-electron chi connectivity index (χ4n) is 11.4. The predicted octanol–water partition coefficient (Wildman–Crippen LogP) is 8.97. The molecule has 4 atom stereocenters. The Morgan fingerprint density at radius 3 is 2.08 bits per heavy atom. The number of hydrogen-bond acceptors (Lipinski definition) is 8. The number of benzene rings is 3. The highest BCUT2D eigenvalue weighted by molar-refractivity contribution is 5.88. The van der Waals surface area contributed by atoms with Gasteiger partial charge >= 0.3 is 6.09 Å². The zero-order valence-electron chi connectivity index (χ0n) is 38.3. The Hall–Kier alpha value is -5.53. The first-order valence-corrected chi connectivity index (χ1v) is 23.5. The summed E-state index contributed by atoms with van der Waals surface area (Å²) in [5.41, 5.74) is 12.0. The molecule has 338 valence electrons. The second-order valence-electron chi connectivity index (χ2n) is 19.2. The zero-order valence-corrected chi connectivity index (χ0v) is 38.3. The average Bonchev–Trinajstić information content (AvgIpc) is 4.17. The molecule has 4 N–H and O–H groups in total. The standard InChI is InChI=1S/C51H64N8O5/c1-30(2)44(53-29-63-5)48(60)58-25-9-11-41(58)46-52-28-40(56-46)33-15-13-32(14-16-33)35-18-19-36(43-37(35)21-24-51(43)22-7-8-23-51)34-17-20-38-39(27-34)55-47(54-38)42-12-10-26-59(42)49(61)45(31(3)4)57-50(62)64-6/h13-20,27-28,30-31,41-42,44-45,53H,7-12,21-26,29H2,1-6H3,(H,52,56)(H,54,55)(H,57,62). The highest BCUT2D eigenvalue weighted by atomic mass is 16.5. The van der Waals surface area contributed by atoms with Crippen molar-refractivity contribution in [2.45, 2.75) is 121 Å². The molecule has 9 rings (SSSR count). The van der Waals surface area contributed by atoms with E-state index < -0.39 is 12.1 Å². The first kappa shape index (κ1) is 43.7. The SMILES string of the molecule is COCNC(C(=O)N1CCCC1c1ncc(-c2ccc(-c3ccc(-c4ccc5nc(C6CCCN6C(=O)C(NC(=O)OC)C(C)C)[nH]c5c4)c4c3CCC43CCCC3)cc2)[nH]1)C(C)C. The van der Waals surface area contributed by atoms with Gasteiger partial charge in [0.05, 0.1) is 54.9 Å². The Kier molecular flexibility index (Phi) is 12.4. The molecule has 5 aromatic rings. The van der Waals surface area contributed by atoms with Crippen LogP contribution in [-0.2, 0) is 30.9 Å². The number of nitrogens with one attached hydrogen (secondary N) is 4. The number of amides is 3. The Morgan fingerprint density at radius 2 is 1.41 bits per heavy atom. The van der Waals surface area contributed by atoms with E-state index in [1.165, 1.54) is 72.6 Å². The molecule has 2 aromatic heterocycles. The molecule has 3 fully saturated rings. The Balaban J connectivity index is 0.974. The molecule has 1 spiro atoms. The van der Waals surface area contributed by atoms with E-state index in [9.17, 15) is 14.4 Å². The van der Waals surface area contributed by atoms with Crippen LogP contribution in [0.15, 0.2) is 60.8 Å². The molecule has 2 aliphatic heterocycles. The number of nitrogens with zero attached hydrogens (tertiary/aromatic N) is 4. The second kappa shape index (κ2) is 18.2. The van der Waals surface area contributed by atoms with Crippen LogP contribution in [0.3, 0.4) is 0 Å². The summed E-state index contributed by atoms with van der Waals surface area (Å²) in [6.07, 6.45) is 12.0. The minimum Gasteiger partial charge on any atom is -0.453 e. The molecule has 4 unspecified atom stereocenters. The number of likely N-dealkylation sites (tertiary alicyclic amines) is 2. The van der Waals surface area contributed by atoms with Crippen LogP contribution in [0, 0.1) is 11.8 Å². The maximum absolute atomic E-state index is 13.8. The number of ether oxygens (including phenoxy) is 2. The van der Waals surface area contributed by atoms with Gasteiger partial charge in [-0.25, -0.2) is 14.8 Å². The summed E-state index contributed by atoms with van der Waals surface area (Å²) in [7, 11) is 2.95. The van der Waals surface area contributed by atoms with Crippen molar-refractivity contribution in [3.8, 4) is 33.5 Å². The fraction of sp³-hybridized carbons (Fsp3) is 0.510. The van der Waals surface area contributed by atoms with E-state index in [-0.39, 0.29) is 47.2 Å². The lowest BCUT2D eigenvalue weighted by molar-refractivity contribution is -0.136. The molecule has 1 saturated carbocycles. The molecule has 13 heteroatoms. The average molecular weight is 869 g/mol. The molecule has 4 aliphatic rings. The van der Waals surface area contributed by atoms with E-state index in [0.29, 0.717) is 13.3 Å². The Bertz CT molecular complexity index is 2500. The van der Waals surface area contributed by atoms with Gasteiger partial charge < -0.3 is 34.6 Å². The molecule has 3 aromatic carbocycles. The second-order valence-corrected chi connectivity index (χ2v) is 19.2. The van der Waals surface area contributed by atoms with Gasteiger partial charge in [-0.3, -0.25) is 14.9 Å². The number of hydrogen-bond donors (Lipinski definition) is 4. The Labute approximate surface area is 376 Å². The number of carbonyl (C=O) groups is 3. The van der Waals surface area contributed by atoms with Gasteiger partial charge in [0.25, 0.3) is 0 Å². The van der Waals surface area contributed by atoms with Crippen molar-refractivity contribution >= 4 is 28.9 Å². The zero-order chi connectivity index (χ0) is 44.7. The number of alkyl carbamates (subject to hydrolysis) is 1. The summed E-state index contributed by atoms with van der Waals surface area (Å²) in [5, 5.41) is 6.02. The van der Waals surface area contributed by atoms with Crippen molar-refractivity contribution < 1.29 is 23.9 Å². The number of methoxy groups -OCH3 is 2. The minimum absolute atomic E-state index is 0.0830. The van der Waals surface area contributed by atoms with E-state index in [0.717, 1.165) is 72.6 Å². The van der Waals surface area contributed by atoms with Gasteiger partial charge in [-0.1, -0.05) is 83.0 Å². The van der Waals surface area contributed by atoms with Crippen molar-refractivity contribution in [3.05, 3.63) is 83.6 Å². The van der Waals surface area contributed by atoms with E-state index in [1.807, 2.05) is 29.8 Å². The Morgan fingerprint density at radius 1 is 0.766 bits per heavy atom. The van der Waals surface area contributed by atoms with Crippen LogP contribution in [0.25, 0.3) is 44.5 Å². The number of H-pyrrole nitrogens is 2. The first-order valence-electron chi connectivity index (χ1n) is 23.5. The van der Waals surface area contributed by atoms with Crippen molar-refractivity contribution in [3.63, 3.8) is 0 Å². The summed E-state index contributed by atoms with van der Waals surface area (Å²) >= 11 is 0. The third kappa shape index (κ3) is 8.10. The summed E-state index contributed by atoms with van der Waals surface area (Å²) < 4.78 is 10.1. The van der Waals surface area contributed by atoms with Crippen LogP contribution in [0.2, 0.25) is 0 Å². The van der Waals surface area contributed by atoms with Gasteiger partial charge in [-0.15, -0.1) is 0 Å². The smallest absolute Gasteiger partial charge is 0.407 e. The molecule has 0 bridgehead atoms. The van der Waals surface area contributed by atoms with Gasteiger partial charge in [-0.2, -0.15) is 0 Å². The van der Waals surface area contributed by atoms with E-state index in [2.05, 4.69) is 89.0 Å². The van der Waals surface area contributed by atoms with Gasteiger partial charge in [0.15, 0.2) is 0 Å². The number of carbonyl (C=O) groups excluding carboxylic acids is 3. The number of aromatic nitrogens is 4. The summed E-state index contributed by atoms with van der Waals surface area (Å²) in [6, 6.07) is 18.8. The summed E-state index contributed by atoms with van der Waals surface area (Å²) in [5.74, 6) is 1.63. The largest absolute Gasteiger partial charge is 0.453 e. The molecule has 2 saturated heterocycles. The third-order valence-corrected chi connectivity index (χ3v) is 14.6. The first-order chi connectivity index (χ1) is 31.0. The summed E-state index contributed by atoms with van der Waals surface area (Å²) in [4.78, 5) is 60.6. The molecule has 13 nitrogen and oxygen atoms in total. The number of fused-ring (bicyclic) bond motifs is 3. The maximum Gasteiger partial charge on any atom is 0.407 e. The van der Waals surface area contributed by atoms with Gasteiger partial charge in [0.2, 0.25) is 11.8 Å². The lowest BCUT2D eigenvalue weighted by Gasteiger charge is -2.30. The predicted molar refractivity (Wildman–Crippen MR) is 248 cm³/mol. The van der Waals surface area contributed by atoms with Gasteiger partial charge in [0, 0.05) is 20.2 Å². The monoisotopic (exact) mass is 868 g/mol. The molecule has 4 heterocycles. The summed E-state index contributed by atoms with van der Waals surface area (Å²) in [6.45, 7) is 9.65. The van der Waals surface area contributed by atoms with E-state index in [4.69, 9.17) is 19.4 Å². The van der Waals surface area contributed by atoms with Crippen LogP contribution >= 0.6 is 0 Å². The van der Waals surface area contributed by atoms with Gasteiger partial charge in [0.1, 0.15) is 17.7 Å². The molecular weight excluding hydrogens is 805 g/mol. The number of rotatable bonds is 13. The lowest BCUT2D eigenvalue weighted by Crippen LogP contribution is -2.51. The normalized spacial score (nSPS) is 20.2. The van der Waals surface area contributed by atoms with E-state index in [1.54, 1.807) is 7.11 Å². The molecular formula is C51H64N8O5. The maximum atomic E-state index is 13.8. The van der Waals surface area contributed by atoms with E-state index >= 15 is 0 Å². The third-order valence-electron chi connectivity index (χ3n) is 14.6. The number of aromatic amines is 2. The quantitative estimate of drug-likeness (QED) is 0.0855. The topological polar surface area (TPSA) is 158 Å². The molecule has 64 heavy (non-hydrogen) atoms. The molecule has 0 radical (unpaired) electrons. The number of imidazole rings is 2. The lowest BCUT2D eigenvalue weighted by atomic mass is 9.76. The van der Waals surface area contributed by atoms with Crippen LogP contribution in [0.4, 0.5) is 4.79 Å². The van der Waals surface area contributed by atoms with Crippen LogP contribution in [0.5, 0.6) is 0 Å². The van der Waals surface area contributed by atoms with Crippen LogP contribution in [0.1, 0.15) is 120 Å². The van der Waals surface area contributed by atoms with Crippen molar-refractivity contribution in [2.24, 2.45) is 11.8 Å². The molecule has 3 amide bonds. The van der Waals surface area contributed by atoms with Gasteiger partial charge in [-0.05, 0) is 120 Å². The van der Waals surface area contributed by atoms with Crippen molar-refractivity contribution in [1.29, 1.82) is 0 Å².